The Bertz CT molecular complexity index is 954. The van der Waals surface area contributed by atoms with E-state index in [2.05, 4.69) is 28.6 Å². The molecule has 27 heavy (non-hydrogen) atoms. The lowest BCUT2D eigenvalue weighted by molar-refractivity contribution is 0.102. The normalized spacial score (nSPS) is 10.3. The van der Waals surface area contributed by atoms with E-state index in [1.54, 1.807) is 25.6 Å². The highest BCUT2D eigenvalue weighted by molar-refractivity contribution is 6.05. The van der Waals surface area contributed by atoms with Crippen LogP contribution in [0.25, 0.3) is 0 Å². The molecule has 3 rings (SSSR count). The number of aryl methyl sites for hydroxylation is 2. The lowest BCUT2D eigenvalue weighted by Gasteiger charge is -2.13. The van der Waals surface area contributed by atoms with Crippen LogP contribution in [0.2, 0.25) is 0 Å². The summed E-state index contributed by atoms with van der Waals surface area (Å²) in [7, 11) is 1.58. The van der Waals surface area contributed by atoms with Gasteiger partial charge in [-0.15, -0.1) is 0 Å². The first kappa shape index (κ1) is 18.5. The number of aromatic nitrogens is 1. The molecule has 0 bridgehead atoms. The zero-order chi connectivity index (χ0) is 19.2. The Morgan fingerprint density at radius 3 is 2.67 bits per heavy atom. The lowest BCUT2D eigenvalue weighted by atomic mass is 10.1. The molecule has 3 aromatic rings. The van der Waals surface area contributed by atoms with Crippen LogP contribution in [0.4, 0.5) is 17.1 Å². The van der Waals surface area contributed by atoms with Crippen molar-refractivity contribution < 1.29 is 9.53 Å². The fourth-order valence-corrected chi connectivity index (χ4v) is 2.85. The molecule has 0 saturated heterocycles. The Hall–Kier alpha value is -3.34. The van der Waals surface area contributed by atoms with E-state index in [-0.39, 0.29) is 5.91 Å². The number of ether oxygens (including phenoxy) is 1. The van der Waals surface area contributed by atoms with Crippen molar-refractivity contribution >= 4 is 23.0 Å². The maximum atomic E-state index is 12.7. The maximum absolute atomic E-state index is 12.7. The fraction of sp³-hybridized carbons (Fsp3) is 0.182. The molecular formula is C22H23N3O2. The molecule has 0 unspecified atom stereocenters. The van der Waals surface area contributed by atoms with Crippen molar-refractivity contribution in [3.8, 4) is 5.75 Å². The van der Waals surface area contributed by atoms with Crippen molar-refractivity contribution in [1.29, 1.82) is 0 Å². The average molecular weight is 361 g/mol. The number of para-hydroxylation sites is 1. The smallest absolute Gasteiger partial charge is 0.257 e. The highest BCUT2D eigenvalue weighted by atomic mass is 16.5. The van der Waals surface area contributed by atoms with Gasteiger partial charge in [0.2, 0.25) is 0 Å². The van der Waals surface area contributed by atoms with E-state index in [0.29, 0.717) is 17.0 Å². The minimum Gasteiger partial charge on any atom is -0.495 e. The van der Waals surface area contributed by atoms with Crippen molar-refractivity contribution in [3.63, 3.8) is 0 Å². The quantitative estimate of drug-likeness (QED) is 0.651. The molecule has 1 aromatic heterocycles. The molecule has 1 heterocycles. The lowest BCUT2D eigenvalue weighted by Crippen LogP contribution is -2.13. The number of rotatable bonds is 6. The molecule has 5 nitrogen and oxygen atoms in total. The molecule has 2 aromatic carbocycles. The van der Waals surface area contributed by atoms with Gasteiger partial charge in [-0.1, -0.05) is 31.2 Å². The van der Waals surface area contributed by atoms with Gasteiger partial charge in [-0.05, 0) is 48.7 Å². The summed E-state index contributed by atoms with van der Waals surface area (Å²) in [6.07, 6.45) is 4.18. The van der Waals surface area contributed by atoms with E-state index < -0.39 is 0 Å². The Morgan fingerprint density at radius 2 is 1.89 bits per heavy atom. The Kier molecular flexibility index (Phi) is 5.71. The van der Waals surface area contributed by atoms with Crippen LogP contribution < -0.4 is 15.4 Å². The molecule has 0 fully saturated rings. The van der Waals surface area contributed by atoms with Crippen molar-refractivity contribution in [3.05, 3.63) is 77.6 Å². The summed E-state index contributed by atoms with van der Waals surface area (Å²) in [5.74, 6) is 0.381. The Balaban J connectivity index is 1.81. The van der Waals surface area contributed by atoms with Crippen LogP contribution in [-0.2, 0) is 6.42 Å². The number of amides is 1. The highest BCUT2D eigenvalue weighted by Gasteiger charge is 2.11. The van der Waals surface area contributed by atoms with Gasteiger partial charge < -0.3 is 15.4 Å². The topological polar surface area (TPSA) is 63.2 Å². The van der Waals surface area contributed by atoms with Crippen molar-refractivity contribution in [2.45, 2.75) is 20.3 Å². The summed E-state index contributed by atoms with van der Waals surface area (Å²) in [4.78, 5) is 16.9. The number of carbonyl (C=O) groups excluding carboxylic acids is 1. The number of methoxy groups -OCH3 is 1. The van der Waals surface area contributed by atoms with Gasteiger partial charge in [0.1, 0.15) is 5.75 Å². The summed E-state index contributed by atoms with van der Waals surface area (Å²) in [5, 5.41) is 6.25. The average Bonchev–Trinajstić information content (AvgIpc) is 2.69. The summed E-state index contributed by atoms with van der Waals surface area (Å²) in [5.41, 5.74) is 5.13. The number of nitrogens with zero attached hydrogens (tertiary/aromatic N) is 1. The van der Waals surface area contributed by atoms with Crippen LogP contribution in [0.15, 0.2) is 60.9 Å². The number of hydrogen-bond donors (Lipinski definition) is 2. The predicted molar refractivity (Wildman–Crippen MR) is 109 cm³/mol. The molecule has 0 aliphatic rings. The molecule has 0 saturated carbocycles. The van der Waals surface area contributed by atoms with E-state index in [9.17, 15) is 4.79 Å². The summed E-state index contributed by atoms with van der Waals surface area (Å²) < 4.78 is 5.32. The highest BCUT2D eigenvalue weighted by Crippen LogP contribution is 2.26. The number of benzene rings is 2. The molecular weight excluding hydrogens is 338 g/mol. The molecule has 2 N–H and O–H groups in total. The second kappa shape index (κ2) is 8.36. The van der Waals surface area contributed by atoms with Crippen molar-refractivity contribution in [1.82, 2.24) is 4.98 Å². The molecule has 0 atom stereocenters. The van der Waals surface area contributed by atoms with Crippen LogP contribution in [0.5, 0.6) is 5.75 Å². The SMILES string of the molecule is CCc1ccccc1Nc1cncc(C(=O)Nc2cc(C)ccc2OC)c1. The molecule has 138 valence electrons. The van der Waals surface area contributed by atoms with Crippen LogP contribution in [0.1, 0.15) is 28.4 Å². The van der Waals surface area contributed by atoms with Gasteiger partial charge in [0, 0.05) is 11.9 Å². The van der Waals surface area contributed by atoms with Gasteiger partial charge in [0.05, 0.1) is 30.2 Å². The zero-order valence-corrected chi connectivity index (χ0v) is 15.7. The van der Waals surface area contributed by atoms with E-state index in [0.717, 1.165) is 23.4 Å². The second-order valence-corrected chi connectivity index (χ2v) is 6.26. The predicted octanol–water partition coefficient (Wildman–Crippen LogP) is 4.96. The third kappa shape index (κ3) is 4.44. The number of pyridine rings is 1. The van der Waals surface area contributed by atoms with Crippen molar-refractivity contribution in [2.24, 2.45) is 0 Å². The summed E-state index contributed by atoms with van der Waals surface area (Å²) in [6, 6.07) is 15.5. The number of nitrogens with one attached hydrogen (secondary N) is 2. The Labute approximate surface area is 159 Å². The molecule has 0 radical (unpaired) electrons. The number of hydrogen-bond acceptors (Lipinski definition) is 4. The number of carbonyl (C=O) groups is 1. The van der Waals surface area contributed by atoms with Crippen LogP contribution in [-0.4, -0.2) is 18.0 Å². The minimum atomic E-state index is -0.237. The standard InChI is InChI=1S/C22H23N3O2/c1-4-16-7-5-6-8-19(16)24-18-12-17(13-23-14-18)22(26)25-20-11-15(2)9-10-21(20)27-3/h5-14,24H,4H2,1-3H3,(H,25,26). The minimum absolute atomic E-state index is 0.237. The van der Waals surface area contributed by atoms with E-state index in [1.807, 2.05) is 43.3 Å². The molecule has 0 aliphatic heterocycles. The van der Waals surface area contributed by atoms with E-state index >= 15 is 0 Å². The van der Waals surface area contributed by atoms with Gasteiger partial charge >= 0.3 is 0 Å². The van der Waals surface area contributed by atoms with E-state index in [4.69, 9.17) is 4.74 Å². The maximum Gasteiger partial charge on any atom is 0.257 e. The van der Waals surface area contributed by atoms with Crippen LogP contribution in [0, 0.1) is 6.92 Å². The van der Waals surface area contributed by atoms with Gasteiger partial charge in [0.25, 0.3) is 5.91 Å². The Morgan fingerprint density at radius 1 is 1.07 bits per heavy atom. The van der Waals surface area contributed by atoms with E-state index in [1.165, 1.54) is 5.56 Å². The largest absolute Gasteiger partial charge is 0.495 e. The fourth-order valence-electron chi connectivity index (χ4n) is 2.85. The third-order valence-corrected chi connectivity index (χ3v) is 4.28. The first-order chi connectivity index (χ1) is 13.1. The van der Waals surface area contributed by atoms with Crippen molar-refractivity contribution in [2.75, 3.05) is 17.7 Å². The van der Waals surface area contributed by atoms with Crippen LogP contribution >= 0.6 is 0 Å². The molecule has 1 amide bonds. The summed E-state index contributed by atoms with van der Waals surface area (Å²) >= 11 is 0. The first-order valence-electron chi connectivity index (χ1n) is 8.86. The summed E-state index contributed by atoms with van der Waals surface area (Å²) in [6.45, 7) is 4.07. The van der Waals surface area contributed by atoms with Crippen LogP contribution in [0.3, 0.4) is 0 Å². The van der Waals surface area contributed by atoms with Gasteiger partial charge in [-0.2, -0.15) is 0 Å². The van der Waals surface area contributed by atoms with Gasteiger partial charge in [0.15, 0.2) is 0 Å². The molecule has 0 spiro atoms. The van der Waals surface area contributed by atoms with Gasteiger partial charge in [-0.3, -0.25) is 9.78 Å². The zero-order valence-electron chi connectivity index (χ0n) is 15.7. The molecule has 5 heteroatoms. The molecule has 0 aliphatic carbocycles. The third-order valence-electron chi connectivity index (χ3n) is 4.28. The monoisotopic (exact) mass is 361 g/mol. The second-order valence-electron chi connectivity index (χ2n) is 6.26. The number of anilines is 3. The first-order valence-corrected chi connectivity index (χ1v) is 8.86. The van der Waals surface area contributed by atoms with Gasteiger partial charge in [-0.25, -0.2) is 0 Å².